The van der Waals surface area contributed by atoms with Crippen molar-refractivity contribution in [1.82, 2.24) is 15.3 Å². The second-order valence-electron chi connectivity index (χ2n) is 5.86. The molecule has 0 unspecified atom stereocenters. The molecule has 3 rings (SSSR count). The predicted octanol–water partition coefficient (Wildman–Crippen LogP) is 3.62. The smallest absolute Gasteiger partial charge is 0.251 e. The second kappa shape index (κ2) is 6.35. The van der Waals surface area contributed by atoms with E-state index in [2.05, 4.69) is 15.3 Å². The predicted molar refractivity (Wildman–Crippen MR) is 91.3 cm³/mol. The van der Waals surface area contributed by atoms with Gasteiger partial charge in [0.2, 0.25) is 0 Å². The van der Waals surface area contributed by atoms with E-state index in [9.17, 15) is 9.18 Å². The minimum absolute atomic E-state index is 0.195. The molecule has 3 aromatic rings. The summed E-state index contributed by atoms with van der Waals surface area (Å²) in [5.74, 6) is -0.442. The fourth-order valence-corrected chi connectivity index (χ4v) is 2.47. The summed E-state index contributed by atoms with van der Waals surface area (Å²) in [4.78, 5) is 21.3. The van der Waals surface area contributed by atoms with Crippen LogP contribution in [-0.4, -0.2) is 15.9 Å². The van der Waals surface area contributed by atoms with Crippen molar-refractivity contribution in [1.29, 1.82) is 0 Å². The molecule has 1 N–H and O–H groups in total. The highest BCUT2D eigenvalue weighted by Crippen LogP contribution is 2.15. The molecule has 0 aliphatic carbocycles. The molecule has 4 nitrogen and oxygen atoms in total. The van der Waals surface area contributed by atoms with Crippen LogP contribution in [0.5, 0.6) is 0 Å². The van der Waals surface area contributed by atoms with Gasteiger partial charge in [0.25, 0.3) is 5.91 Å². The molecular formula is C19H18FN3O. The minimum atomic E-state index is -0.246. The van der Waals surface area contributed by atoms with Crippen LogP contribution in [0.25, 0.3) is 11.0 Å². The highest BCUT2D eigenvalue weighted by molar-refractivity contribution is 5.97. The number of carbonyl (C=O) groups is 1. The highest BCUT2D eigenvalue weighted by Gasteiger charge is 2.09. The number of nitrogens with zero attached hydrogens (tertiary/aromatic N) is 2. The van der Waals surface area contributed by atoms with E-state index in [0.29, 0.717) is 23.2 Å². The van der Waals surface area contributed by atoms with E-state index in [1.807, 2.05) is 13.8 Å². The van der Waals surface area contributed by atoms with Crippen molar-refractivity contribution in [3.8, 4) is 0 Å². The van der Waals surface area contributed by atoms with Crippen LogP contribution in [0.1, 0.15) is 32.9 Å². The summed E-state index contributed by atoms with van der Waals surface area (Å²) in [5.41, 5.74) is 5.14. The fourth-order valence-electron chi connectivity index (χ4n) is 2.47. The molecule has 24 heavy (non-hydrogen) atoms. The standard InChI is InChI=1S/C19H18FN3O/c1-11-8-14(4-6-16(11)20)10-21-19(24)15-5-7-17-18(9-15)23-13(3)12(2)22-17/h4-9H,10H2,1-3H3,(H,21,24). The molecule has 0 bridgehead atoms. The first-order valence-corrected chi connectivity index (χ1v) is 7.72. The molecule has 0 atom stereocenters. The van der Waals surface area contributed by atoms with Gasteiger partial charge in [0.05, 0.1) is 22.4 Å². The van der Waals surface area contributed by atoms with Gasteiger partial charge in [-0.05, 0) is 56.2 Å². The summed E-state index contributed by atoms with van der Waals surface area (Å²) in [6, 6.07) is 10.1. The number of amides is 1. The van der Waals surface area contributed by atoms with E-state index < -0.39 is 0 Å². The zero-order valence-electron chi connectivity index (χ0n) is 13.9. The van der Waals surface area contributed by atoms with Gasteiger partial charge in [0.1, 0.15) is 5.82 Å². The number of nitrogens with one attached hydrogen (secondary N) is 1. The average Bonchev–Trinajstić information content (AvgIpc) is 2.56. The van der Waals surface area contributed by atoms with Gasteiger partial charge in [0, 0.05) is 12.1 Å². The van der Waals surface area contributed by atoms with Crippen molar-refractivity contribution in [2.45, 2.75) is 27.3 Å². The Labute approximate surface area is 139 Å². The van der Waals surface area contributed by atoms with Crippen LogP contribution in [0.4, 0.5) is 4.39 Å². The van der Waals surface area contributed by atoms with Gasteiger partial charge in [-0.25, -0.2) is 14.4 Å². The van der Waals surface area contributed by atoms with Gasteiger partial charge < -0.3 is 5.32 Å². The van der Waals surface area contributed by atoms with Gasteiger partial charge in [-0.2, -0.15) is 0 Å². The van der Waals surface area contributed by atoms with Crippen molar-refractivity contribution < 1.29 is 9.18 Å². The van der Waals surface area contributed by atoms with Crippen molar-refractivity contribution in [2.24, 2.45) is 0 Å². The molecule has 122 valence electrons. The lowest BCUT2D eigenvalue weighted by Crippen LogP contribution is -2.22. The molecule has 1 aromatic heterocycles. The Bertz CT molecular complexity index is 937. The Morgan fingerprint density at radius 2 is 1.71 bits per heavy atom. The number of hydrogen-bond acceptors (Lipinski definition) is 3. The van der Waals surface area contributed by atoms with Gasteiger partial charge in [-0.15, -0.1) is 0 Å². The number of aromatic nitrogens is 2. The molecule has 1 amide bonds. The first-order chi connectivity index (χ1) is 11.4. The number of hydrogen-bond donors (Lipinski definition) is 1. The van der Waals surface area contributed by atoms with Crippen LogP contribution >= 0.6 is 0 Å². The summed E-state index contributed by atoms with van der Waals surface area (Å²) in [6.45, 7) is 5.85. The van der Waals surface area contributed by atoms with E-state index in [0.717, 1.165) is 22.5 Å². The van der Waals surface area contributed by atoms with Crippen molar-refractivity contribution in [3.05, 3.63) is 70.3 Å². The Morgan fingerprint density at radius 1 is 1.00 bits per heavy atom. The minimum Gasteiger partial charge on any atom is -0.348 e. The molecule has 0 aliphatic heterocycles. The monoisotopic (exact) mass is 323 g/mol. The van der Waals surface area contributed by atoms with Gasteiger partial charge in [-0.3, -0.25) is 4.79 Å². The highest BCUT2D eigenvalue weighted by atomic mass is 19.1. The van der Waals surface area contributed by atoms with Crippen LogP contribution < -0.4 is 5.32 Å². The van der Waals surface area contributed by atoms with Crippen LogP contribution in [0.15, 0.2) is 36.4 Å². The molecule has 1 heterocycles. The zero-order valence-corrected chi connectivity index (χ0v) is 13.9. The summed E-state index contributed by atoms with van der Waals surface area (Å²) in [7, 11) is 0. The van der Waals surface area contributed by atoms with Crippen molar-refractivity contribution >= 4 is 16.9 Å². The summed E-state index contributed by atoms with van der Waals surface area (Å²) < 4.78 is 13.3. The number of halogens is 1. The number of benzene rings is 2. The van der Waals surface area contributed by atoms with E-state index in [1.54, 1.807) is 37.3 Å². The van der Waals surface area contributed by atoms with Crippen molar-refractivity contribution in [2.75, 3.05) is 0 Å². The normalized spacial score (nSPS) is 10.8. The molecular weight excluding hydrogens is 305 g/mol. The SMILES string of the molecule is Cc1cc(CNC(=O)c2ccc3nc(C)c(C)nc3c2)ccc1F. The second-order valence-corrected chi connectivity index (χ2v) is 5.86. The van der Waals surface area contributed by atoms with Crippen LogP contribution in [0, 0.1) is 26.6 Å². The van der Waals surface area contributed by atoms with Crippen LogP contribution in [0.3, 0.4) is 0 Å². The molecule has 0 saturated carbocycles. The largest absolute Gasteiger partial charge is 0.348 e. The van der Waals surface area contributed by atoms with Gasteiger partial charge in [-0.1, -0.05) is 12.1 Å². The molecule has 2 aromatic carbocycles. The Kier molecular flexibility index (Phi) is 4.25. The lowest BCUT2D eigenvalue weighted by atomic mass is 10.1. The molecule has 5 heteroatoms. The van der Waals surface area contributed by atoms with Gasteiger partial charge in [0.15, 0.2) is 0 Å². The van der Waals surface area contributed by atoms with Gasteiger partial charge >= 0.3 is 0 Å². The molecule has 0 aliphatic rings. The van der Waals surface area contributed by atoms with E-state index >= 15 is 0 Å². The first kappa shape index (κ1) is 16.1. The summed E-state index contributed by atoms with van der Waals surface area (Å²) in [5, 5.41) is 2.84. The summed E-state index contributed by atoms with van der Waals surface area (Å²) >= 11 is 0. The van der Waals surface area contributed by atoms with E-state index in [1.165, 1.54) is 6.07 Å². The third kappa shape index (κ3) is 3.25. The maximum absolute atomic E-state index is 13.3. The fraction of sp³-hybridized carbons (Fsp3) is 0.211. The maximum atomic E-state index is 13.3. The Morgan fingerprint density at radius 3 is 2.42 bits per heavy atom. The topological polar surface area (TPSA) is 54.9 Å². The third-order valence-electron chi connectivity index (χ3n) is 4.01. The molecule has 0 radical (unpaired) electrons. The number of carbonyl (C=O) groups excluding carboxylic acids is 1. The average molecular weight is 323 g/mol. The molecule has 0 spiro atoms. The Balaban J connectivity index is 1.78. The lowest BCUT2D eigenvalue weighted by molar-refractivity contribution is 0.0951. The number of aryl methyl sites for hydroxylation is 3. The lowest BCUT2D eigenvalue weighted by Gasteiger charge is -2.08. The van der Waals surface area contributed by atoms with Crippen molar-refractivity contribution in [3.63, 3.8) is 0 Å². The summed E-state index contributed by atoms with van der Waals surface area (Å²) in [6.07, 6.45) is 0. The third-order valence-corrected chi connectivity index (χ3v) is 4.01. The van der Waals surface area contributed by atoms with E-state index in [-0.39, 0.29) is 11.7 Å². The van der Waals surface area contributed by atoms with E-state index in [4.69, 9.17) is 0 Å². The molecule has 0 saturated heterocycles. The number of rotatable bonds is 3. The first-order valence-electron chi connectivity index (χ1n) is 7.72. The zero-order chi connectivity index (χ0) is 17.3. The quantitative estimate of drug-likeness (QED) is 0.801. The maximum Gasteiger partial charge on any atom is 0.251 e. The number of fused-ring (bicyclic) bond motifs is 1. The molecule has 0 fully saturated rings. The van der Waals surface area contributed by atoms with Crippen LogP contribution in [-0.2, 0) is 6.54 Å². The van der Waals surface area contributed by atoms with Crippen LogP contribution in [0.2, 0.25) is 0 Å². The Hall–Kier alpha value is -2.82.